The Labute approximate surface area is 179 Å². The molecule has 0 aliphatic carbocycles. The third-order valence-corrected chi connectivity index (χ3v) is 7.59. The van der Waals surface area contributed by atoms with E-state index in [1.807, 2.05) is 37.3 Å². The van der Waals surface area contributed by atoms with E-state index in [0.717, 1.165) is 18.4 Å². The fraction of sp³-hybridized carbons (Fsp3) is 0.435. The van der Waals surface area contributed by atoms with Gasteiger partial charge in [0.25, 0.3) is 0 Å². The van der Waals surface area contributed by atoms with E-state index in [1.165, 1.54) is 4.31 Å². The maximum atomic E-state index is 12.9. The van der Waals surface area contributed by atoms with Gasteiger partial charge in [-0.1, -0.05) is 61.9 Å². The second-order valence-corrected chi connectivity index (χ2v) is 9.63. The smallest absolute Gasteiger partial charge is 0.243 e. The topological polar surface area (TPSA) is 69.7 Å². The van der Waals surface area contributed by atoms with Crippen molar-refractivity contribution in [3.8, 4) is 0 Å². The summed E-state index contributed by atoms with van der Waals surface area (Å²) < 4.78 is 27.1. The van der Waals surface area contributed by atoms with Crippen LogP contribution in [-0.2, 0) is 14.8 Å². The van der Waals surface area contributed by atoms with Crippen LogP contribution in [0.4, 0.5) is 0 Å². The van der Waals surface area contributed by atoms with Crippen LogP contribution in [0.1, 0.15) is 38.3 Å². The number of rotatable bonds is 8. The summed E-state index contributed by atoms with van der Waals surface area (Å²) in [5, 5.41) is 3.19. The molecule has 0 aromatic heterocycles. The number of carbonyl (C=O) groups excluding carboxylic acids is 1. The third kappa shape index (κ3) is 5.28. The van der Waals surface area contributed by atoms with Gasteiger partial charge in [0.05, 0.1) is 17.0 Å². The number of hydrogen-bond donors (Lipinski definition) is 1. The van der Waals surface area contributed by atoms with Gasteiger partial charge >= 0.3 is 0 Å². The number of sulfonamides is 1. The Kier molecular flexibility index (Phi) is 7.64. The van der Waals surface area contributed by atoms with E-state index in [4.69, 9.17) is 0 Å². The van der Waals surface area contributed by atoms with Crippen LogP contribution in [0.25, 0.3) is 0 Å². The maximum Gasteiger partial charge on any atom is 0.243 e. The minimum absolute atomic E-state index is 0.00843. The lowest BCUT2D eigenvalue weighted by Gasteiger charge is -2.37. The van der Waals surface area contributed by atoms with Gasteiger partial charge in [-0.2, -0.15) is 4.31 Å². The quantitative estimate of drug-likeness (QED) is 0.700. The Morgan fingerprint density at radius 3 is 2.10 bits per heavy atom. The molecule has 0 unspecified atom stereocenters. The Morgan fingerprint density at radius 2 is 1.53 bits per heavy atom. The van der Waals surface area contributed by atoms with E-state index in [1.54, 1.807) is 30.3 Å². The van der Waals surface area contributed by atoms with E-state index in [0.29, 0.717) is 31.1 Å². The van der Waals surface area contributed by atoms with E-state index in [-0.39, 0.29) is 18.0 Å². The Balaban J connectivity index is 1.59. The molecular weight excluding hydrogens is 398 g/mol. The minimum atomic E-state index is -3.49. The van der Waals surface area contributed by atoms with Gasteiger partial charge in [0, 0.05) is 26.2 Å². The lowest BCUT2D eigenvalue weighted by molar-refractivity contribution is -0.127. The molecule has 0 saturated carbocycles. The fourth-order valence-corrected chi connectivity index (χ4v) is 5.27. The fourth-order valence-electron chi connectivity index (χ4n) is 3.83. The molecule has 2 aromatic carbocycles. The predicted molar refractivity (Wildman–Crippen MR) is 118 cm³/mol. The zero-order valence-electron chi connectivity index (χ0n) is 17.7. The minimum Gasteiger partial charge on any atom is -0.348 e. The van der Waals surface area contributed by atoms with Gasteiger partial charge in [0.1, 0.15) is 0 Å². The summed E-state index contributed by atoms with van der Waals surface area (Å²) in [5.74, 6) is -0.0170. The van der Waals surface area contributed by atoms with Crippen molar-refractivity contribution < 1.29 is 13.2 Å². The lowest BCUT2D eigenvalue weighted by Crippen LogP contribution is -2.55. The monoisotopic (exact) mass is 429 g/mol. The van der Waals surface area contributed by atoms with Gasteiger partial charge in [0.15, 0.2) is 0 Å². The van der Waals surface area contributed by atoms with E-state index < -0.39 is 10.0 Å². The average Bonchev–Trinajstić information content (AvgIpc) is 2.79. The van der Waals surface area contributed by atoms with E-state index in [2.05, 4.69) is 17.1 Å². The van der Waals surface area contributed by atoms with Crippen molar-refractivity contribution in [2.24, 2.45) is 0 Å². The van der Waals surface area contributed by atoms with Gasteiger partial charge in [-0.25, -0.2) is 8.42 Å². The number of hydrogen-bond acceptors (Lipinski definition) is 4. The molecule has 1 N–H and O–H groups in total. The summed E-state index contributed by atoms with van der Waals surface area (Å²) in [7, 11) is -3.49. The lowest BCUT2D eigenvalue weighted by atomic mass is 10.0. The highest BCUT2D eigenvalue weighted by Crippen LogP contribution is 2.20. The van der Waals surface area contributed by atoms with Crippen LogP contribution in [0.2, 0.25) is 0 Å². The maximum absolute atomic E-state index is 12.9. The number of piperazine rings is 1. The first-order chi connectivity index (χ1) is 14.4. The molecule has 7 heteroatoms. The molecule has 30 heavy (non-hydrogen) atoms. The normalized spacial score (nSPS) is 17.9. The van der Waals surface area contributed by atoms with E-state index >= 15 is 0 Å². The van der Waals surface area contributed by atoms with Gasteiger partial charge < -0.3 is 5.32 Å². The third-order valence-electron chi connectivity index (χ3n) is 5.68. The van der Waals surface area contributed by atoms with Crippen LogP contribution < -0.4 is 5.32 Å². The van der Waals surface area contributed by atoms with Crippen LogP contribution in [0, 0.1) is 0 Å². The van der Waals surface area contributed by atoms with Crippen molar-refractivity contribution >= 4 is 15.9 Å². The zero-order chi connectivity index (χ0) is 21.6. The molecule has 0 bridgehead atoms. The summed E-state index contributed by atoms with van der Waals surface area (Å²) >= 11 is 0. The Bertz CT molecular complexity index is 911. The Hall–Kier alpha value is -2.22. The summed E-state index contributed by atoms with van der Waals surface area (Å²) in [4.78, 5) is 15.3. The molecule has 3 rings (SSSR count). The molecule has 1 fully saturated rings. The van der Waals surface area contributed by atoms with Gasteiger partial charge in [-0.3, -0.25) is 9.69 Å². The summed E-state index contributed by atoms with van der Waals surface area (Å²) in [6.45, 7) is 5.83. The number of benzene rings is 2. The second-order valence-electron chi connectivity index (χ2n) is 7.69. The van der Waals surface area contributed by atoms with Crippen molar-refractivity contribution in [1.82, 2.24) is 14.5 Å². The molecule has 1 aliphatic rings. The number of carbonyl (C=O) groups is 1. The number of nitrogens with one attached hydrogen (secondary N) is 1. The first-order valence-electron chi connectivity index (χ1n) is 10.6. The van der Waals surface area contributed by atoms with Crippen molar-refractivity contribution in [2.45, 2.75) is 43.7 Å². The van der Waals surface area contributed by atoms with Crippen LogP contribution in [-0.4, -0.2) is 55.8 Å². The number of nitrogens with zero attached hydrogens (tertiary/aromatic N) is 2. The largest absolute Gasteiger partial charge is 0.348 e. The Morgan fingerprint density at radius 1 is 0.967 bits per heavy atom. The summed E-state index contributed by atoms with van der Waals surface area (Å²) in [5.41, 5.74) is 1.11. The van der Waals surface area contributed by atoms with Gasteiger partial charge in [-0.05, 0) is 31.0 Å². The molecule has 1 aliphatic heterocycles. The SMILES string of the molecule is CCC[C@H](NC(=O)[C@@H](C)N1CCN(S(=O)(=O)c2ccccc2)CC1)c1ccccc1. The predicted octanol–water partition coefficient (Wildman–Crippen LogP) is 3.04. The second kappa shape index (κ2) is 10.2. The number of amides is 1. The first kappa shape index (κ1) is 22.5. The summed E-state index contributed by atoms with van der Waals surface area (Å²) in [6.07, 6.45) is 1.86. The van der Waals surface area contributed by atoms with Crippen molar-refractivity contribution in [3.05, 3.63) is 66.2 Å². The van der Waals surface area contributed by atoms with Gasteiger partial charge in [-0.15, -0.1) is 0 Å². The van der Waals surface area contributed by atoms with Crippen molar-refractivity contribution in [1.29, 1.82) is 0 Å². The molecule has 1 saturated heterocycles. The molecule has 0 spiro atoms. The van der Waals surface area contributed by atoms with Crippen LogP contribution in [0.5, 0.6) is 0 Å². The van der Waals surface area contributed by atoms with Crippen LogP contribution >= 0.6 is 0 Å². The molecule has 162 valence electrons. The molecule has 2 aromatic rings. The first-order valence-corrected chi connectivity index (χ1v) is 12.0. The molecular formula is C23H31N3O3S. The highest BCUT2D eigenvalue weighted by Gasteiger charge is 2.32. The van der Waals surface area contributed by atoms with E-state index in [9.17, 15) is 13.2 Å². The molecule has 0 radical (unpaired) electrons. The van der Waals surface area contributed by atoms with Crippen molar-refractivity contribution in [2.75, 3.05) is 26.2 Å². The van der Waals surface area contributed by atoms with Gasteiger partial charge in [0.2, 0.25) is 15.9 Å². The van der Waals surface area contributed by atoms with Crippen molar-refractivity contribution in [3.63, 3.8) is 0 Å². The molecule has 2 atom stereocenters. The van der Waals surface area contributed by atoms with Crippen LogP contribution in [0.15, 0.2) is 65.6 Å². The highest BCUT2D eigenvalue weighted by atomic mass is 32.2. The highest BCUT2D eigenvalue weighted by molar-refractivity contribution is 7.89. The zero-order valence-corrected chi connectivity index (χ0v) is 18.5. The average molecular weight is 430 g/mol. The standard InChI is InChI=1S/C23H31N3O3S/c1-3-10-22(20-11-6-4-7-12-20)24-23(27)19(2)25-15-17-26(18-16-25)30(28,29)21-13-8-5-9-14-21/h4-9,11-14,19,22H,3,10,15-18H2,1-2H3,(H,24,27)/t19-,22+/m1/s1. The summed E-state index contributed by atoms with van der Waals surface area (Å²) in [6, 6.07) is 18.2. The molecule has 6 nitrogen and oxygen atoms in total. The van der Waals surface area contributed by atoms with Crippen LogP contribution in [0.3, 0.4) is 0 Å². The molecule has 1 amide bonds. The molecule has 1 heterocycles.